The van der Waals surface area contributed by atoms with Crippen LogP contribution in [0.1, 0.15) is 0 Å². The number of benzene rings is 1. The van der Waals surface area contributed by atoms with Crippen molar-refractivity contribution in [2.24, 2.45) is 0 Å². The van der Waals surface area contributed by atoms with Crippen molar-refractivity contribution in [2.75, 3.05) is 6.61 Å². The number of oxazole rings is 1. The molecule has 1 heterocycles. The molecule has 0 spiro atoms. The van der Waals surface area contributed by atoms with Gasteiger partial charge in [-0.25, -0.2) is 13.8 Å². The van der Waals surface area contributed by atoms with E-state index in [1.54, 1.807) is 0 Å². The Balaban J connectivity index is 2.28. The van der Waals surface area contributed by atoms with Crippen LogP contribution in [0.25, 0.3) is 11.1 Å². The molecule has 0 unspecified atom stereocenters. The van der Waals surface area contributed by atoms with E-state index in [1.807, 2.05) is 22.6 Å². The Morgan fingerprint density at radius 1 is 1.48 bits per heavy atom. The third-order valence-corrected chi connectivity index (χ3v) is 5.86. The third-order valence-electron chi connectivity index (χ3n) is 3.00. The van der Waals surface area contributed by atoms with Crippen LogP contribution >= 0.6 is 34.2 Å². The first-order valence-electron chi connectivity index (χ1n) is 6.45. The Morgan fingerprint density at radius 2 is 2.14 bits per heavy atom. The van der Waals surface area contributed by atoms with Crippen molar-refractivity contribution < 1.29 is 13.5 Å². The quantitative estimate of drug-likeness (QED) is 0.299. The molecule has 8 heteroatoms. The van der Waals surface area contributed by atoms with Crippen molar-refractivity contribution >= 4 is 53.4 Å². The predicted molar refractivity (Wildman–Crippen MR) is 92.3 cm³/mol. The van der Waals surface area contributed by atoms with E-state index in [0.717, 1.165) is 6.04 Å². The fraction of sp³-hybridized carbons (Fsp3) is 0.462. The van der Waals surface area contributed by atoms with E-state index in [2.05, 4.69) is 19.6 Å². The van der Waals surface area contributed by atoms with Crippen LogP contribution in [-0.2, 0) is 11.5 Å². The summed E-state index contributed by atoms with van der Waals surface area (Å²) in [4.78, 5) is 11.9. The Hall–Kier alpha value is -0.383. The smallest absolute Gasteiger partial charge is 0.406 e. The monoisotopic (exact) mass is 443 g/mol. The van der Waals surface area contributed by atoms with Crippen molar-refractivity contribution in [1.29, 1.82) is 0 Å². The number of halogens is 3. The molecule has 21 heavy (non-hydrogen) atoms. The molecule has 0 amide bonds. The van der Waals surface area contributed by atoms with E-state index in [9.17, 15) is 9.18 Å². The number of hydrogen-bond donors (Lipinski definition) is 0. The summed E-state index contributed by atoms with van der Waals surface area (Å²) in [5.74, 6) is -1.17. The highest BCUT2D eigenvalue weighted by atomic mass is 127. The molecule has 1 aromatic heterocycles. The zero-order valence-electron chi connectivity index (χ0n) is 12.0. The zero-order valence-corrected chi connectivity index (χ0v) is 15.9. The zero-order chi connectivity index (χ0) is 15.8. The minimum atomic E-state index is -1.20. The lowest BCUT2D eigenvalue weighted by atomic mass is 10.3. The van der Waals surface area contributed by atoms with Gasteiger partial charge in [-0.3, -0.25) is 0 Å². The second-order valence-electron chi connectivity index (χ2n) is 5.98. The van der Waals surface area contributed by atoms with Crippen molar-refractivity contribution in [1.82, 2.24) is 4.57 Å². The summed E-state index contributed by atoms with van der Waals surface area (Å²) >= 11 is 7.86. The van der Waals surface area contributed by atoms with Gasteiger partial charge in [0, 0.05) is 14.7 Å². The van der Waals surface area contributed by atoms with E-state index in [4.69, 9.17) is 20.8 Å². The summed E-state index contributed by atoms with van der Waals surface area (Å²) in [6, 6.07) is 2.22. The summed E-state index contributed by atoms with van der Waals surface area (Å²) in [5, 5.41) is -0.120. The normalized spacial score (nSPS) is 12.3. The predicted octanol–water partition coefficient (Wildman–Crippen LogP) is 4.30. The van der Waals surface area contributed by atoms with Crippen LogP contribution in [0.15, 0.2) is 15.3 Å². The molecule has 2 rings (SSSR count). The molecule has 0 aliphatic rings. The van der Waals surface area contributed by atoms with Gasteiger partial charge in [-0.2, -0.15) is 0 Å². The summed E-state index contributed by atoms with van der Waals surface area (Å²) in [6.07, 6.45) is 0. The van der Waals surface area contributed by atoms with Gasteiger partial charge in [0.1, 0.15) is 23.1 Å². The maximum absolute atomic E-state index is 13.7. The average molecular weight is 444 g/mol. The molecule has 0 N–H and O–H groups in total. The highest BCUT2D eigenvalue weighted by Gasteiger charge is 2.19. The number of ether oxygens (including phenoxy) is 1. The molecule has 0 fully saturated rings. The first kappa shape index (κ1) is 17.0. The largest absolute Gasteiger partial charge is 0.421 e. The SMILES string of the molecule is C[Si](C)(C)CCOCn1c(=O)oc2c(I)cc(F)c(Cl)c21. The Bertz CT molecular complexity index is 723. The lowest BCUT2D eigenvalue weighted by Gasteiger charge is -2.15. The van der Waals surface area contributed by atoms with Gasteiger partial charge in [0.2, 0.25) is 0 Å². The molecular formula is C13H16ClFINO3Si. The van der Waals surface area contributed by atoms with E-state index in [1.165, 1.54) is 10.6 Å². The molecule has 0 aliphatic heterocycles. The second kappa shape index (κ2) is 6.39. The van der Waals surface area contributed by atoms with Crippen molar-refractivity contribution in [2.45, 2.75) is 32.4 Å². The van der Waals surface area contributed by atoms with Crippen LogP contribution in [0.3, 0.4) is 0 Å². The Morgan fingerprint density at radius 3 is 2.76 bits per heavy atom. The minimum Gasteiger partial charge on any atom is -0.406 e. The van der Waals surface area contributed by atoms with E-state index in [0.29, 0.717) is 15.8 Å². The number of aromatic nitrogens is 1. The lowest BCUT2D eigenvalue weighted by molar-refractivity contribution is 0.0850. The summed E-state index contributed by atoms with van der Waals surface area (Å²) in [7, 11) is -1.20. The number of fused-ring (bicyclic) bond motifs is 1. The second-order valence-corrected chi connectivity index (χ2v) is 13.1. The molecule has 2 aromatic rings. The van der Waals surface area contributed by atoms with Crippen molar-refractivity contribution in [3.8, 4) is 0 Å². The van der Waals surface area contributed by atoms with Gasteiger partial charge in [0.25, 0.3) is 0 Å². The van der Waals surface area contributed by atoms with Crippen LogP contribution in [-0.4, -0.2) is 19.2 Å². The Labute approximate surface area is 141 Å². The highest BCUT2D eigenvalue weighted by molar-refractivity contribution is 14.1. The number of rotatable bonds is 5. The fourth-order valence-corrected chi connectivity index (χ4v) is 3.43. The molecule has 0 saturated carbocycles. The first-order chi connectivity index (χ1) is 9.70. The standard InChI is InChI=1S/C13H16ClFINO3Si/c1-21(2,3)5-4-19-7-17-11-10(14)8(15)6-9(16)12(11)20-13(17)18/h6H,4-5,7H2,1-3H3. The average Bonchev–Trinajstić information content (AvgIpc) is 2.69. The molecule has 0 radical (unpaired) electrons. The first-order valence-corrected chi connectivity index (χ1v) is 11.6. The van der Waals surface area contributed by atoms with Crippen LogP contribution in [0.2, 0.25) is 30.7 Å². The maximum atomic E-state index is 13.7. The summed E-state index contributed by atoms with van der Waals surface area (Å²) in [6.45, 7) is 7.29. The maximum Gasteiger partial charge on any atom is 0.421 e. The fourth-order valence-electron chi connectivity index (χ4n) is 1.79. The third kappa shape index (κ3) is 3.88. The van der Waals surface area contributed by atoms with Gasteiger partial charge in [-0.1, -0.05) is 31.2 Å². The van der Waals surface area contributed by atoms with Crippen LogP contribution in [0, 0.1) is 9.39 Å². The summed E-state index contributed by atoms with van der Waals surface area (Å²) in [5.41, 5.74) is 0.542. The van der Waals surface area contributed by atoms with Crippen LogP contribution in [0.4, 0.5) is 4.39 Å². The van der Waals surface area contributed by atoms with Crippen LogP contribution in [0.5, 0.6) is 0 Å². The number of hydrogen-bond acceptors (Lipinski definition) is 3. The molecule has 0 bridgehead atoms. The van der Waals surface area contributed by atoms with Crippen LogP contribution < -0.4 is 5.76 Å². The molecule has 4 nitrogen and oxygen atoms in total. The highest BCUT2D eigenvalue weighted by Crippen LogP contribution is 2.29. The summed E-state index contributed by atoms with van der Waals surface area (Å²) < 4.78 is 26.1. The van der Waals surface area contributed by atoms with E-state index in [-0.39, 0.29) is 17.3 Å². The molecular weight excluding hydrogens is 428 g/mol. The van der Waals surface area contributed by atoms with Gasteiger partial charge in [0.05, 0.1) is 3.57 Å². The van der Waals surface area contributed by atoms with Gasteiger partial charge < -0.3 is 9.15 Å². The van der Waals surface area contributed by atoms with E-state index >= 15 is 0 Å². The van der Waals surface area contributed by atoms with Gasteiger partial charge in [-0.15, -0.1) is 0 Å². The van der Waals surface area contributed by atoms with Crippen molar-refractivity contribution in [3.05, 3.63) is 31.0 Å². The Kier molecular flexibility index (Phi) is 5.17. The van der Waals surface area contributed by atoms with Gasteiger partial charge in [-0.05, 0) is 34.7 Å². The topological polar surface area (TPSA) is 44.4 Å². The van der Waals surface area contributed by atoms with E-state index < -0.39 is 19.6 Å². The minimum absolute atomic E-state index is 0.00949. The molecule has 1 aromatic carbocycles. The lowest BCUT2D eigenvalue weighted by Crippen LogP contribution is -2.23. The molecule has 0 aliphatic carbocycles. The molecule has 0 saturated heterocycles. The van der Waals surface area contributed by atoms with Crippen molar-refractivity contribution in [3.63, 3.8) is 0 Å². The van der Waals surface area contributed by atoms with Gasteiger partial charge in [0.15, 0.2) is 5.58 Å². The molecule has 116 valence electrons. The number of nitrogens with zero attached hydrogens (tertiary/aromatic N) is 1. The molecule has 0 atom stereocenters. The van der Waals surface area contributed by atoms with Gasteiger partial charge >= 0.3 is 5.76 Å².